The van der Waals surface area contributed by atoms with Gasteiger partial charge in [0.05, 0.1) is 12.2 Å². The van der Waals surface area contributed by atoms with Crippen LogP contribution in [0.25, 0.3) is 0 Å². The summed E-state index contributed by atoms with van der Waals surface area (Å²) in [6.07, 6.45) is 4.87. The molecule has 3 aromatic heterocycles. The van der Waals surface area contributed by atoms with E-state index >= 15 is 0 Å². The highest BCUT2D eigenvalue weighted by Gasteiger charge is 2.23. The lowest BCUT2D eigenvalue weighted by Crippen LogP contribution is -2.49. The summed E-state index contributed by atoms with van der Waals surface area (Å²) in [7, 11) is 0. The van der Waals surface area contributed by atoms with E-state index < -0.39 is 0 Å². The standard InChI is InChI=1S/C22H25N7O2/c1-3-31-21-5-4-17(14-24-21)22(30)29-10-8-28(9-11-29)20-13-19(25-15-26-20)27-18-12-16(2)6-7-23-18/h4-7,12-15H,3,8-11H2,1-2H3,(H,23,25,26,27). The van der Waals surface area contributed by atoms with Crippen molar-refractivity contribution in [3.05, 3.63) is 60.2 Å². The molecule has 4 heterocycles. The molecule has 1 aliphatic heterocycles. The van der Waals surface area contributed by atoms with Crippen molar-refractivity contribution < 1.29 is 9.53 Å². The fraction of sp³-hybridized carbons (Fsp3) is 0.318. The first-order valence-corrected chi connectivity index (χ1v) is 10.3. The van der Waals surface area contributed by atoms with Crippen molar-refractivity contribution in [2.75, 3.05) is 43.0 Å². The summed E-state index contributed by atoms with van der Waals surface area (Å²) in [4.78, 5) is 34.0. The highest BCUT2D eigenvalue weighted by molar-refractivity contribution is 5.94. The van der Waals surface area contributed by atoms with E-state index in [9.17, 15) is 4.79 Å². The Morgan fingerprint density at radius 3 is 2.55 bits per heavy atom. The van der Waals surface area contributed by atoms with E-state index in [0.717, 1.165) is 17.2 Å². The first-order valence-electron chi connectivity index (χ1n) is 10.3. The zero-order chi connectivity index (χ0) is 21.6. The molecule has 0 aromatic carbocycles. The first kappa shape index (κ1) is 20.5. The molecule has 0 unspecified atom stereocenters. The van der Waals surface area contributed by atoms with Crippen LogP contribution < -0.4 is 15.0 Å². The molecule has 0 atom stereocenters. The molecule has 1 N–H and O–H groups in total. The number of nitrogens with zero attached hydrogens (tertiary/aromatic N) is 6. The minimum absolute atomic E-state index is 0.0224. The van der Waals surface area contributed by atoms with Gasteiger partial charge in [-0.15, -0.1) is 0 Å². The van der Waals surface area contributed by atoms with Crippen LogP contribution in [-0.4, -0.2) is 63.5 Å². The lowest BCUT2D eigenvalue weighted by atomic mass is 10.2. The maximum absolute atomic E-state index is 12.8. The van der Waals surface area contributed by atoms with Gasteiger partial charge in [-0.1, -0.05) is 0 Å². The molecule has 0 radical (unpaired) electrons. The number of aromatic nitrogens is 4. The van der Waals surface area contributed by atoms with Crippen LogP contribution in [0.3, 0.4) is 0 Å². The average Bonchev–Trinajstić information content (AvgIpc) is 2.80. The number of carbonyl (C=O) groups excluding carboxylic acids is 1. The van der Waals surface area contributed by atoms with E-state index in [4.69, 9.17) is 4.74 Å². The van der Waals surface area contributed by atoms with Crippen molar-refractivity contribution in [1.29, 1.82) is 0 Å². The number of rotatable bonds is 6. The number of piperazine rings is 1. The Morgan fingerprint density at radius 1 is 1.03 bits per heavy atom. The van der Waals surface area contributed by atoms with Crippen LogP contribution in [0.5, 0.6) is 5.88 Å². The predicted molar refractivity (Wildman–Crippen MR) is 118 cm³/mol. The lowest BCUT2D eigenvalue weighted by molar-refractivity contribution is 0.0746. The molecule has 1 saturated heterocycles. The highest BCUT2D eigenvalue weighted by Crippen LogP contribution is 2.20. The Balaban J connectivity index is 1.36. The highest BCUT2D eigenvalue weighted by atomic mass is 16.5. The second-order valence-electron chi connectivity index (χ2n) is 7.20. The van der Waals surface area contributed by atoms with Crippen LogP contribution >= 0.6 is 0 Å². The van der Waals surface area contributed by atoms with Gasteiger partial charge in [0.25, 0.3) is 5.91 Å². The average molecular weight is 419 g/mol. The number of ether oxygens (including phenoxy) is 1. The van der Waals surface area contributed by atoms with Gasteiger partial charge in [0.15, 0.2) is 0 Å². The molecule has 9 heteroatoms. The Hall–Kier alpha value is -3.75. The number of amides is 1. The molecule has 0 bridgehead atoms. The SMILES string of the molecule is CCOc1ccc(C(=O)N2CCN(c3cc(Nc4cc(C)ccn4)ncn3)CC2)cn1. The zero-order valence-corrected chi connectivity index (χ0v) is 17.7. The van der Waals surface area contributed by atoms with Gasteiger partial charge in [0, 0.05) is 50.7 Å². The van der Waals surface area contributed by atoms with E-state index in [1.54, 1.807) is 24.5 Å². The van der Waals surface area contributed by atoms with Crippen molar-refractivity contribution in [1.82, 2.24) is 24.8 Å². The van der Waals surface area contributed by atoms with Gasteiger partial charge >= 0.3 is 0 Å². The largest absolute Gasteiger partial charge is 0.478 e. The molecule has 160 valence electrons. The van der Waals surface area contributed by atoms with Gasteiger partial charge < -0.3 is 19.9 Å². The molecular formula is C22H25N7O2. The first-order chi connectivity index (χ1) is 15.1. The Kier molecular flexibility index (Phi) is 6.21. The minimum atomic E-state index is -0.0224. The molecule has 0 saturated carbocycles. The van der Waals surface area contributed by atoms with Crippen LogP contribution in [0.1, 0.15) is 22.8 Å². The van der Waals surface area contributed by atoms with Gasteiger partial charge in [-0.05, 0) is 37.6 Å². The van der Waals surface area contributed by atoms with Crippen LogP contribution in [-0.2, 0) is 0 Å². The summed E-state index contributed by atoms with van der Waals surface area (Å²) in [5, 5.41) is 3.22. The van der Waals surface area contributed by atoms with E-state index in [-0.39, 0.29) is 5.91 Å². The molecule has 31 heavy (non-hydrogen) atoms. The maximum Gasteiger partial charge on any atom is 0.255 e. The molecule has 9 nitrogen and oxygen atoms in total. The van der Waals surface area contributed by atoms with Crippen LogP contribution in [0, 0.1) is 6.92 Å². The number of pyridine rings is 2. The number of hydrogen-bond acceptors (Lipinski definition) is 8. The van der Waals surface area contributed by atoms with E-state index in [0.29, 0.717) is 50.0 Å². The number of carbonyl (C=O) groups is 1. The lowest BCUT2D eigenvalue weighted by Gasteiger charge is -2.35. The summed E-state index contributed by atoms with van der Waals surface area (Å²) < 4.78 is 5.34. The molecular weight excluding hydrogens is 394 g/mol. The normalized spacial score (nSPS) is 13.7. The van der Waals surface area contributed by atoms with Gasteiger partial charge in [-0.25, -0.2) is 19.9 Å². The molecule has 1 amide bonds. The number of aryl methyl sites for hydroxylation is 1. The van der Waals surface area contributed by atoms with Crippen molar-refractivity contribution in [3.8, 4) is 5.88 Å². The Bertz CT molecular complexity index is 1030. The molecule has 1 aliphatic rings. The summed E-state index contributed by atoms with van der Waals surface area (Å²) in [5.41, 5.74) is 1.69. The third-order valence-corrected chi connectivity index (χ3v) is 4.99. The fourth-order valence-electron chi connectivity index (χ4n) is 3.39. The predicted octanol–water partition coefficient (Wildman–Crippen LogP) is 2.68. The number of hydrogen-bond donors (Lipinski definition) is 1. The van der Waals surface area contributed by atoms with Crippen molar-refractivity contribution in [2.45, 2.75) is 13.8 Å². The zero-order valence-electron chi connectivity index (χ0n) is 17.7. The van der Waals surface area contributed by atoms with Crippen LogP contribution in [0.2, 0.25) is 0 Å². The fourth-order valence-corrected chi connectivity index (χ4v) is 3.39. The molecule has 4 rings (SSSR count). The minimum Gasteiger partial charge on any atom is -0.478 e. The van der Waals surface area contributed by atoms with Gasteiger partial charge in [0.2, 0.25) is 5.88 Å². The Morgan fingerprint density at radius 2 is 1.84 bits per heavy atom. The third kappa shape index (κ3) is 5.06. The van der Waals surface area contributed by atoms with Crippen LogP contribution in [0.15, 0.2) is 49.1 Å². The third-order valence-electron chi connectivity index (χ3n) is 4.99. The summed E-state index contributed by atoms with van der Waals surface area (Å²) in [6.45, 7) is 7.06. The monoisotopic (exact) mass is 419 g/mol. The number of anilines is 3. The van der Waals surface area contributed by atoms with Gasteiger partial charge in [-0.2, -0.15) is 0 Å². The summed E-state index contributed by atoms with van der Waals surface area (Å²) >= 11 is 0. The second kappa shape index (κ2) is 9.38. The van der Waals surface area contributed by atoms with Crippen molar-refractivity contribution in [3.63, 3.8) is 0 Å². The van der Waals surface area contributed by atoms with E-state index in [2.05, 4.69) is 30.2 Å². The second-order valence-corrected chi connectivity index (χ2v) is 7.20. The van der Waals surface area contributed by atoms with Crippen molar-refractivity contribution in [2.24, 2.45) is 0 Å². The van der Waals surface area contributed by atoms with Gasteiger partial charge in [-0.3, -0.25) is 4.79 Å². The maximum atomic E-state index is 12.8. The quantitative estimate of drug-likeness (QED) is 0.651. The van der Waals surface area contributed by atoms with Crippen molar-refractivity contribution >= 4 is 23.4 Å². The number of nitrogens with one attached hydrogen (secondary N) is 1. The Labute approximate surface area is 181 Å². The smallest absolute Gasteiger partial charge is 0.255 e. The topological polar surface area (TPSA) is 96.4 Å². The molecule has 0 aliphatic carbocycles. The molecule has 3 aromatic rings. The van der Waals surface area contributed by atoms with E-state index in [1.807, 2.05) is 36.9 Å². The summed E-state index contributed by atoms with van der Waals surface area (Å²) in [6, 6.07) is 9.29. The summed E-state index contributed by atoms with van der Waals surface area (Å²) in [5.74, 6) is 2.75. The van der Waals surface area contributed by atoms with Crippen LogP contribution in [0.4, 0.5) is 17.5 Å². The van der Waals surface area contributed by atoms with Gasteiger partial charge in [0.1, 0.15) is 23.8 Å². The van der Waals surface area contributed by atoms with E-state index in [1.165, 1.54) is 6.33 Å². The molecule has 1 fully saturated rings. The molecule has 0 spiro atoms.